The van der Waals surface area contributed by atoms with Crippen molar-refractivity contribution in [1.29, 1.82) is 5.41 Å². The molecule has 1 saturated heterocycles. The maximum atomic E-state index is 13.3. The van der Waals surface area contributed by atoms with Crippen molar-refractivity contribution in [3.05, 3.63) is 55.7 Å². The zero-order chi connectivity index (χ0) is 25.0. The molecule has 0 aliphatic carbocycles. The van der Waals surface area contributed by atoms with Gasteiger partial charge in [0, 0.05) is 11.4 Å². The average molecular weight is 547 g/mol. The normalized spacial score (nSPS) is 16.9. The second kappa shape index (κ2) is 11.0. The van der Waals surface area contributed by atoms with Crippen LogP contribution in [0.4, 0.5) is 0 Å². The molecule has 0 bridgehead atoms. The van der Waals surface area contributed by atoms with E-state index >= 15 is 0 Å². The Bertz CT molecular complexity index is 1200. The first-order valence-electron chi connectivity index (χ1n) is 10.2. The Labute approximate surface area is 211 Å². The fraction of sp³-hybridized carbons (Fsp3) is 0.350. The number of nitrogen functional groups attached to an aromatic ring is 1. The maximum absolute atomic E-state index is 13.3. The van der Waals surface area contributed by atoms with Crippen molar-refractivity contribution in [1.82, 2.24) is 14.9 Å². The first-order valence-corrected chi connectivity index (χ1v) is 13.3. The minimum absolute atomic E-state index is 0.0278. The van der Waals surface area contributed by atoms with Crippen molar-refractivity contribution in [2.45, 2.75) is 37.9 Å². The van der Waals surface area contributed by atoms with Crippen molar-refractivity contribution >= 4 is 62.4 Å². The molecule has 1 aliphatic rings. The van der Waals surface area contributed by atoms with E-state index in [9.17, 15) is 18.0 Å². The molecule has 0 radical (unpaired) electrons. The molecule has 1 aromatic carbocycles. The lowest BCUT2D eigenvalue weighted by atomic mass is 10.0. The molecule has 0 saturated carbocycles. The first-order chi connectivity index (χ1) is 15.9. The van der Waals surface area contributed by atoms with Gasteiger partial charge in [-0.1, -0.05) is 29.3 Å². The van der Waals surface area contributed by atoms with Gasteiger partial charge in [-0.2, -0.15) is 13.1 Å². The number of hydrogen-bond acceptors (Lipinski definition) is 6. The Morgan fingerprint density at radius 1 is 1.24 bits per heavy atom. The zero-order valence-electron chi connectivity index (χ0n) is 17.9. The molecule has 2 atom stereocenters. The lowest BCUT2D eigenvalue weighted by molar-refractivity contribution is -0.139. The molecular formula is C20H24Cl2N6O4S2. The van der Waals surface area contributed by atoms with Crippen LogP contribution >= 0.6 is 34.5 Å². The molecule has 1 fully saturated rings. The van der Waals surface area contributed by atoms with Crippen molar-refractivity contribution in [2.75, 3.05) is 6.54 Å². The van der Waals surface area contributed by atoms with Crippen molar-refractivity contribution < 1.29 is 18.0 Å². The third-order valence-corrected chi connectivity index (χ3v) is 7.70. The second-order valence-electron chi connectivity index (χ2n) is 7.76. The van der Waals surface area contributed by atoms with Crippen LogP contribution in [-0.2, 0) is 32.8 Å². The molecule has 1 aliphatic heterocycles. The Kier molecular flexibility index (Phi) is 8.55. The minimum Gasteiger partial charge on any atom is -0.383 e. The molecule has 3 rings (SSSR count). The summed E-state index contributed by atoms with van der Waals surface area (Å²) >= 11 is 13.3. The summed E-state index contributed by atoms with van der Waals surface area (Å²) in [5.41, 5.74) is 6.04. The van der Waals surface area contributed by atoms with E-state index in [1.165, 1.54) is 16.2 Å². The van der Waals surface area contributed by atoms with E-state index in [4.69, 9.17) is 39.5 Å². The van der Waals surface area contributed by atoms with Gasteiger partial charge in [-0.3, -0.25) is 15.0 Å². The van der Waals surface area contributed by atoms with E-state index < -0.39 is 28.2 Å². The van der Waals surface area contributed by atoms with Crippen LogP contribution in [-0.4, -0.2) is 49.6 Å². The number of likely N-dealkylation sites (tertiary alicyclic amines) is 1. The highest BCUT2D eigenvalue weighted by Gasteiger charge is 2.38. The molecule has 184 valence electrons. The summed E-state index contributed by atoms with van der Waals surface area (Å²) in [5.74, 6) is -0.967. The van der Waals surface area contributed by atoms with Crippen molar-refractivity contribution in [3.63, 3.8) is 0 Å². The van der Waals surface area contributed by atoms with Crippen LogP contribution in [0.15, 0.2) is 30.3 Å². The number of amidine groups is 1. The second-order valence-corrected chi connectivity index (χ2v) is 11.1. The van der Waals surface area contributed by atoms with Gasteiger partial charge in [-0.25, -0.2) is 5.14 Å². The molecule has 14 heteroatoms. The Morgan fingerprint density at radius 3 is 2.59 bits per heavy atom. The molecule has 2 heterocycles. The maximum Gasteiger partial charge on any atom is 0.275 e. The first kappa shape index (κ1) is 26.4. The van der Waals surface area contributed by atoms with Crippen molar-refractivity contribution in [3.8, 4) is 0 Å². The number of thiophene rings is 1. The van der Waals surface area contributed by atoms with Crippen molar-refractivity contribution in [2.24, 2.45) is 10.9 Å². The minimum atomic E-state index is -4.21. The number of amides is 2. The van der Waals surface area contributed by atoms with Crippen LogP contribution in [0.1, 0.15) is 28.2 Å². The average Bonchev–Trinajstić information content (AvgIpc) is 3.42. The summed E-state index contributed by atoms with van der Waals surface area (Å²) < 4.78 is 25.7. The molecule has 2 aromatic rings. The van der Waals surface area contributed by atoms with E-state index in [2.05, 4.69) is 10.0 Å². The number of benzene rings is 1. The summed E-state index contributed by atoms with van der Waals surface area (Å²) in [4.78, 5) is 28.9. The topological polar surface area (TPSA) is 171 Å². The lowest BCUT2D eigenvalue weighted by Crippen LogP contribution is -2.55. The van der Waals surface area contributed by atoms with Gasteiger partial charge < -0.3 is 16.0 Å². The Hall–Kier alpha value is -2.22. The number of nitrogens with zero attached hydrogens (tertiary/aromatic N) is 1. The number of nitrogens with two attached hydrogens (primary N) is 2. The van der Waals surface area contributed by atoms with Crippen LogP contribution < -0.4 is 20.9 Å². The van der Waals surface area contributed by atoms with E-state index in [0.717, 1.165) is 4.88 Å². The Balaban J connectivity index is 1.72. The van der Waals surface area contributed by atoms with Crippen LogP contribution in [0.5, 0.6) is 0 Å². The van der Waals surface area contributed by atoms with Gasteiger partial charge in [0.2, 0.25) is 11.8 Å². The van der Waals surface area contributed by atoms with Crippen LogP contribution in [0, 0.1) is 5.41 Å². The highest BCUT2D eigenvalue weighted by atomic mass is 35.5. The van der Waals surface area contributed by atoms with Gasteiger partial charge in [0.15, 0.2) is 0 Å². The molecule has 2 amide bonds. The molecule has 10 nitrogen and oxygen atoms in total. The van der Waals surface area contributed by atoms with E-state index in [1.807, 2.05) is 0 Å². The zero-order valence-corrected chi connectivity index (χ0v) is 21.0. The third-order valence-electron chi connectivity index (χ3n) is 5.23. The summed E-state index contributed by atoms with van der Waals surface area (Å²) in [6.07, 6.45) is 1.00. The number of carbonyl (C=O) groups excluding carboxylic acids is 2. The largest absolute Gasteiger partial charge is 0.383 e. The number of rotatable bonds is 9. The fourth-order valence-electron chi connectivity index (χ4n) is 3.69. The summed E-state index contributed by atoms with van der Waals surface area (Å²) in [7, 11) is -4.21. The highest BCUT2D eigenvalue weighted by molar-refractivity contribution is 7.87. The SMILES string of the molecule is N=C(N)c1ccc(CNC(=O)C2CCCN2C(=O)C(Cc2ccc(Cl)c(Cl)c2)NS(N)(=O)=O)s1. The molecule has 2 unspecified atom stereocenters. The molecule has 34 heavy (non-hydrogen) atoms. The number of nitrogens with one attached hydrogen (secondary N) is 3. The van der Waals surface area contributed by atoms with Crippen LogP contribution in [0.25, 0.3) is 0 Å². The van der Waals surface area contributed by atoms with Crippen LogP contribution in [0.2, 0.25) is 10.0 Å². The summed E-state index contributed by atoms with van der Waals surface area (Å²) in [6, 6.07) is 6.21. The summed E-state index contributed by atoms with van der Waals surface area (Å²) in [6.45, 7) is 0.520. The van der Waals surface area contributed by atoms with Gasteiger partial charge in [-0.05, 0) is 49.1 Å². The van der Waals surface area contributed by atoms with Gasteiger partial charge >= 0.3 is 0 Å². The van der Waals surface area contributed by atoms with Gasteiger partial charge in [0.05, 0.1) is 21.5 Å². The molecule has 7 N–H and O–H groups in total. The van der Waals surface area contributed by atoms with E-state index in [1.54, 1.807) is 30.3 Å². The quantitative estimate of drug-likeness (QED) is 0.235. The third kappa shape index (κ3) is 6.90. The van der Waals surface area contributed by atoms with Gasteiger partial charge in [0.25, 0.3) is 10.2 Å². The number of halogens is 2. The van der Waals surface area contributed by atoms with Gasteiger partial charge in [-0.15, -0.1) is 11.3 Å². The highest BCUT2D eigenvalue weighted by Crippen LogP contribution is 2.25. The number of hydrogen-bond donors (Lipinski definition) is 5. The molecule has 0 spiro atoms. The predicted octanol–water partition coefficient (Wildman–Crippen LogP) is 1.35. The molecule has 1 aromatic heterocycles. The summed E-state index contributed by atoms with van der Waals surface area (Å²) in [5, 5.41) is 16.0. The fourth-order valence-corrected chi connectivity index (χ4v) is 5.40. The Morgan fingerprint density at radius 2 is 1.97 bits per heavy atom. The van der Waals surface area contributed by atoms with Crippen LogP contribution in [0.3, 0.4) is 0 Å². The monoisotopic (exact) mass is 546 g/mol. The smallest absolute Gasteiger partial charge is 0.275 e. The number of carbonyl (C=O) groups is 2. The van der Waals surface area contributed by atoms with Gasteiger partial charge in [0.1, 0.15) is 17.9 Å². The van der Waals surface area contributed by atoms with E-state index in [-0.39, 0.29) is 29.7 Å². The standard InChI is InChI=1S/C20H24Cl2N6O4S2/c21-13-5-3-11(8-14(13)22)9-15(27-34(25,31)32)20(30)28-7-1-2-16(28)19(29)26-10-12-4-6-17(33-12)18(23)24/h3-6,8,15-16,27H,1-2,7,9-10H2,(H3,23,24)(H,26,29)(H2,25,31,32). The molecular weight excluding hydrogens is 523 g/mol. The predicted molar refractivity (Wildman–Crippen MR) is 132 cm³/mol. The lowest BCUT2D eigenvalue weighted by Gasteiger charge is -2.28. The van der Waals surface area contributed by atoms with E-state index in [0.29, 0.717) is 34.8 Å².